The Hall–Kier alpha value is -3.67. The van der Waals surface area contributed by atoms with Crippen LogP contribution in [0.15, 0.2) is 97.2 Å². The molecule has 0 unspecified atom stereocenters. The molecule has 0 aromatic heterocycles. The third-order valence-electron chi connectivity index (χ3n) is 10.6. The molecule has 0 N–H and O–H groups in total. The molecule has 0 aromatic rings. The summed E-state index contributed by atoms with van der Waals surface area (Å²) in [6.07, 6.45) is 66.9. The minimum Gasteiger partial charge on any atom is -0.462 e. The monoisotopic (exact) mass is 875 g/mol. The van der Waals surface area contributed by atoms with E-state index in [9.17, 15) is 14.4 Å². The Balaban J connectivity index is 4.55. The summed E-state index contributed by atoms with van der Waals surface area (Å²) in [7, 11) is 0. The normalized spacial score (nSPS) is 12.9. The molecule has 0 bridgehead atoms. The molecular formula is C57H94O6. The molecule has 0 spiro atoms. The zero-order chi connectivity index (χ0) is 45.8. The standard InChI is InChI=1S/C57H94O6/c1-4-7-10-13-16-19-22-24-26-27-28-29-31-32-35-38-41-44-47-50-56(59)62-53-54(52-61-55(58)49-46-43-40-37-34-21-18-15-12-9-6-3)63-57(60)51-48-45-42-39-36-33-30-25-23-20-17-14-11-8-5-2/h16-17,19-20,24-26,28-30,32,35-36,39,41,44,54H,4-15,18,21-23,27,31,33-34,37-38,40,42-43,45-53H2,1-3H3/b19-16-,20-17-,26-24-,29-28-,30-25-,35-32-,39-36-,44-41-/t54-/m0/s1. The summed E-state index contributed by atoms with van der Waals surface area (Å²) < 4.78 is 16.7. The fourth-order valence-electron chi connectivity index (χ4n) is 6.67. The van der Waals surface area contributed by atoms with E-state index in [4.69, 9.17) is 14.2 Å². The molecule has 0 aliphatic carbocycles. The molecule has 0 aromatic carbocycles. The fourth-order valence-corrected chi connectivity index (χ4v) is 6.67. The Kier molecular flexibility index (Phi) is 48.0. The molecule has 358 valence electrons. The van der Waals surface area contributed by atoms with Gasteiger partial charge >= 0.3 is 17.9 Å². The van der Waals surface area contributed by atoms with E-state index in [1.165, 1.54) is 103 Å². The number of ether oxygens (including phenoxy) is 3. The van der Waals surface area contributed by atoms with Crippen LogP contribution in [0.1, 0.15) is 226 Å². The second-order valence-corrected chi connectivity index (χ2v) is 16.7. The summed E-state index contributed by atoms with van der Waals surface area (Å²) >= 11 is 0. The van der Waals surface area contributed by atoms with Crippen molar-refractivity contribution in [2.75, 3.05) is 13.2 Å². The van der Waals surface area contributed by atoms with Crippen molar-refractivity contribution in [3.63, 3.8) is 0 Å². The molecule has 0 aliphatic heterocycles. The second-order valence-electron chi connectivity index (χ2n) is 16.7. The number of rotatable bonds is 45. The fraction of sp³-hybridized carbons (Fsp3) is 0.667. The van der Waals surface area contributed by atoms with Gasteiger partial charge in [-0.3, -0.25) is 14.4 Å². The molecule has 0 radical (unpaired) electrons. The van der Waals surface area contributed by atoms with E-state index in [-0.39, 0.29) is 44.0 Å². The Morgan fingerprint density at radius 3 is 1.02 bits per heavy atom. The third kappa shape index (κ3) is 49.2. The highest BCUT2D eigenvalue weighted by Crippen LogP contribution is 2.13. The number of carbonyl (C=O) groups excluding carboxylic acids is 3. The first-order chi connectivity index (χ1) is 31.0. The van der Waals surface area contributed by atoms with Crippen molar-refractivity contribution in [3.05, 3.63) is 97.2 Å². The summed E-state index contributed by atoms with van der Waals surface area (Å²) in [5.41, 5.74) is 0. The number of hydrogen-bond acceptors (Lipinski definition) is 6. The van der Waals surface area contributed by atoms with Crippen LogP contribution >= 0.6 is 0 Å². The molecule has 6 nitrogen and oxygen atoms in total. The Morgan fingerprint density at radius 1 is 0.317 bits per heavy atom. The van der Waals surface area contributed by atoms with E-state index in [0.717, 1.165) is 70.6 Å². The molecular weight excluding hydrogens is 781 g/mol. The summed E-state index contributed by atoms with van der Waals surface area (Å²) in [4.78, 5) is 37.9. The number of esters is 3. The molecule has 0 rings (SSSR count). The maximum Gasteiger partial charge on any atom is 0.306 e. The Bertz CT molecular complexity index is 1280. The van der Waals surface area contributed by atoms with Crippen LogP contribution in [-0.4, -0.2) is 37.2 Å². The van der Waals surface area contributed by atoms with Gasteiger partial charge in [0.25, 0.3) is 0 Å². The second kappa shape index (κ2) is 51.0. The van der Waals surface area contributed by atoms with Gasteiger partial charge in [-0.2, -0.15) is 0 Å². The lowest BCUT2D eigenvalue weighted by molar-refractivity contribution is -0.166. The number of unbranched alkanes of at least 4 members (excludes halogenated alkanes) is 18. The number of carbonyl (C=O) groups is 3. The van der Waals surface area contributed by atoms with Gasteiger partial charge < -0.3 is 14.2 Å². The Morgan fingerprint density at radius 2 is 0.603 bits per heavy atom. The molecule has 0 amide bonds. The number of allylic oxidation sites excluding steroid dienone is 16. The molecule has 0 fully saturated rings. The minimum atomic E-state index is -0.825. The first kappa shape index (κ1) is 59.3. The van der Waals surface area contributed by atoms with Crippen molar-refractivity contribution in [2.45, 2.75) is 232 Å². The highest BCUT2D eigenvalue weighted by molar-refractivity contribution is 5.71. The number of hydrogen-bond donors (Lipinski definition) is 0. The topological polar surface area (TPSA) is 78.9 Å². The van der Waals surface area contributed by atoms with Crippen molar-refractivity contribution in [2.24, 2.45) is 0 Å². The Labute approximate surface area is 387 Å². The lowest BCUT2D eigenvalue weighted by Gasteiger charge is -2.18. The highest BCUT2D eigenvalue weighted by Gasteiger charge is 2.19. The smallest absolute Gasteiger partial charge is 0.306 e. The maximum absolute atomic E-state index is 12.8. The molecule has 0 saturated carbocycles. The lowest BCUT2D eigenvalue weighted by atomic mass is 10.1. The zero-order valence-corrected chi connectivity index (χ0v) is 40.8. The van der Waals surface area contributed by atoms with Crippen LogP contribution in [0.5, 0.6) is 0 Å². The maximum atomic E-state index is 12.8. The van der Waals surface area contributed by atoms with Gasteiger partial charge in [0.05, 0.1) is 0 Å². The van der Waals surface area contributed by atoms with Crippen LogP contribution in [-0.2, 0) is 28.6 Å². The first-order valence-electron chi connectivity index (χ1n) is 25.7. The van der Waals surface area contributed by atoms with Gasteiger partial charge in [-0.25, -0.2) is 0 Å². The van der Waals surface area contributed by atoms with Gasteiger partial charge in [-0.15, -0.1) is 0 Å². The van der Waals surface area contributed by atoms with Crippen LogP contribution in [0, 0.1) is 0 Å². The predicted molar refractivity (Wildman–Crippen MR) is 270 cm³/mol. The van der Waals surface area contributed by atoms with Gasteiger partial charge in [0.15, 0.2) is 6.10 Å². The van der Waals surface area contributed by atoms with Crippen LogP contribution in [0.2, 0.25) is 0 Å². The van der Waals surface area contributed by atoms with Gasteiger partial charge in [-0.1, -0.05) is 208 Å². The largest absolute Gasteiger partial charge is 0.462 e. The average Bonchev–Trinajstić information content (AvgIpc) is 3.28. The van der Waals surface area contributed by atoms with Crippen molar-refractivity contribution >= 4 is 17.9 Å². The summed E-state index contributed by atoms with van der Waals surface area (Å²) in [5.74, 6) is -1.05. The summed E-state index contributed by atoms with van der Waals surface area (Å²) in [5, 5.41) is 0. The molecule has 1 atom stereocenters. The van der Waals surface area contributed by atoms with Gasteiger partial charge in [0.2, 0.25) is 0 Å². The quantitative estimate of drug-likeness (QED) is 0.0262. The molecule has 0 saturated heterocycles. The van der Waals surface area contributed by atoms with E-state index in [0.29, 0.717) is 19.3 Å². The van der Waals surface area contributed by atoms with Crippen molar-refractivity contribution in [1.82, 2.24) is 0 Å². The van der Waals surface area contributed by atoms with E-state index >= 15 is 0 Å². The van der Waals surface area contributed by atoms with Gasteiger partial charge in [0.1, 0.15) is 13.2 Å². The third-order valence-corrected chi connectivity index (χ3v) is 10.6. The summed E-state index contributed by atoms with van der Waals surface area (Å²) in [6.45, 7) is 6.46. The zero-order valence-electron chi connectivity index (χ0n) is 40.8. The van der Waals surface area contributed by atoms with E-state index in [1.54, 1.807) is 0 Å². The molecule has 0 heterocycles. The first-order valence-corrected chi connectivity index (χ1v) is 25.7. The SMILES string of the molecule is CCCCC/C=C\C/C=C\C/C=C\C/C=C\C/C=C\CCC(=O)OC[C@H](COC(=O)CCCCCCCCCCCCC)OC(=O)CCCC/C=C\C/C=C\C/C=C\CCCCC. The van der Waals surface area contributed by atoms with Crippen LogP contribution in [0.4, 0.5) is 0 Å². The minimum absolute atomic E-state index is 0.115. The van der Waals surface area contributed by atoms with E-state index in [2.05, 4.69) is 106 Å². The van der Waals surface area contributed by atoms with Crippen LogP contribution in [0.25, 0.3) is 0 Å². The van der Waals surface area contributed by atoms with Crippen LogP contribution in [0.3, 0.4) is 0 Å². The van der Waals surface area contributed by atoms with Crippen molar-refractivity contribution in [1.29, 1.82) is 0 Å². The molecule has 6 heteroatoms. The summed E-state index contributed by atoms with van der Waals surface area (Å²) in [6, 6.07) is 0. The van der Waals surface area contributed by atoms with Gasteiger partial charge in [0, 0.05) is 19.3 Å². The highest BCUT2D eigenvalue weighted by atomic mass is 16.6. The van der Waals surface area contributed by atoms with Crippen molar-refractivity contribution in [3.8, 4) is 0 Å². The van der Waals surface area contributed by atoms with Gasteiger partial charge in [-0.05, 0) is 96.3 Å². The molecule has 63 heavy (non-hydrogen) atoms. The average molecular weight is 875 g/mol. The van der Waals surface area contributed by atoms with E-state index in [1.807, 2.05) is 12.2 Å². The predicted octanol–water partition coefficient (Wildman–Crippen LogP) is 17.0. The molecule has 0 aliphatic rings. The van der Waals surface area contributed by atoms with E-state index < -0.39 is 6.10 Å². The lowest BCUT2D eigenvalue weighted by Crippen LogP contribution is -2.30. The van der Waals surface area contributed by atoms with Crippen molar-refractivity contribution < 1.29 is 28.6 Å². The van der Waals surface area contributed by atoms with Crippen LogP contribution < -0.4 is 0 Å².